The van der Waals surface area contributed by atoms with Crippen molar-refractivity contribution in [1.82, 2.24) is 4.90 Å². The van der Waals surface area contributed by atoms with Gasteiger partial charge in [0.1, 0.15) is 6.10 Å². The Hall–Kier alpha value is -5.13. The molecule has 2 saturated carbocycles. The Kier molecular flexibility index (Phi) is 31.1. The molecule has 8 aliphatic rings. The summed E-state index contributed by atoms with van der Waals surface area (Å²) in [5, 5.41) is 0. The zero-order chi connectivity index (χ0) is 54.5. The molecule has 0 spiro atoms. The number of likely N-dealkylation sites (N-methyl/N-ethyl adjacent to an activating group) is 1. The summed E-state index contributed by atoms with van der Waals surface area (Å²) in [5.74, 6) is 0.602. The number of imide groups is 1. The fraction of sp³-hybridized carbons (Fsp3) is 0.635. The number of hydrogen-bond donors (Lipinski definition) is 1. The van der Waals surface area contributed by atoms with E-state index in [1.54, 1.807) is 26.4 Å². The third-order valence-corrected chi connectivity index (χ3v) is 12.4. The van der Waals surface area contributed by atoms with Crippen LogP contribution in [0.5, 0.6) is 0 Å². The first-order valence-corrected chi connectivity index (χ1v) is 23.8. The van der Waals surface area contributed by atoms with Crippen molar-refractivity contribution in [3.05, 3.63) is 61.0 Å². The maximum atomic E-state index is 11.5. The second-order valence-electron chi connectivity index (χ2n) is 18.2. The van der Waals surface area contributed by atoms with Crippen molar-refractivity contribution in [2.45, 2.75) is 72.3 Å². The minimum absolute atomic E-state index is 0.0261. The van der Waals surface area contributed by atoms with Crippen molar-refractivity contribution < 1.29 is 80.6 Å². The molecule has 0 aromatic rings. The molecule has 7 atom stereocenters. The lowest BCUT2D eigenvalue weighted by atomic mass is 9.78. The monoisotopic (exact) mass is 1020 g/mol. The average molecular weight is 1020 g/mol. The van der Waals surface area contributed by atoms with Crippen LogP contribution in [0, 0.1) is 58.2 Å². The van der Waals surface area contributed by atoms with Crippen LogP contribution in [0.2, 0.25) is 0 Å². The molecule has 0 aromatic carbocycles. The smallest absolute Gasteiger partial charge is 0.383 e. The van der Waals surface area contributed by atoms with Gasteiger partial charge in [-0.25, -0.2) is 14.4 Å². The van der Waals surface area contributed by atoms with Gasteiger partial charge in [-0.05, 0) is 75.9 Å². The van der Waals surface area contributed by atoms with Crippen molar-refractivity contribution in [3.8, 4) is 12.3 Å². The van der Waals surface area contributed by atoms with Crippen LogP contribution in [0.3, 0.4) is 0 Å². The predicted molar refractivity (Wildman–Crippen MR) is 267 cm³/mol. The number of methoxy groups -OCH3 is 6. The number of ether oxygens (including phenoxy) is 9. The number of allylic oxidation sites excluding steroid dienone is 4. The zero-order valence-electron chi connectivity index (χ0n) is 43.7. The Balaban J connectivity index is 0.000000792. The van der Waals surface area contributed by atoms with E-state index in [2.05, 4.69) is 79.8 Å². The Morgan fingerprint density at radius 1 is 0.831 bits per heavy atom. The van der Waals surface area contributed by atoms with Gasteiger partial charge in [-0.15, -0.1) is 6.42 Å². The van der Waals surface area contributed by atoms with Crippen molar-refractivity contribution in [1.29, 1.82) is 0 Å². The zero-order valence-corrected chi connectivity index (χ0v) is 44.6. The van der Waals surface area contributed by atoms with E-state index in [4.69, 9.17) is 33.2 Å². The number of cyclic esters (lactones) is 1. The predicted octanol–water partition coefficient (Wildman–Crippen LogP) is 6.26. The molecule has 4 aliphatic carbocycles. The van der Waals surface area contributed by atoms with E-state index >= 15 is 0 Å². The van der Waals surface area contributed by atoms with Gasteiger partial charge in [0.25, 0.3) is 11.8 Å². The van der Waals surface area contributed by atoms with Gasteiger partial charge in [-0.2, -0.15) is 17.0 Å². The molecule has 3 saturated heterocycles. The minimum Gasteiger partial charge on any atom is -0.469 e. The van der Waals surface area contributed by atoms with Crippen LogP contribution in [0.4, 0.5) is 4.39 Å². The molecule has 17 nitrogen and oxygen atoms in total. The van der Waals surface area contributed by atoms with Crippen LogP contribution in [-0.2, 0) is 76.2 Å². The van der Waals surface area contributed by atoms with E-state index < -0.39 is 17.8 Å². The Morgan fingerprint density at radius 3 is 1.59 bits per heavy atom. The fourth-order valence-corrected chi connectivity index (χ4v) is 8.12. The lowest BCUT2D eigenvalue weighted by Crippen LogP contribution is -2.45. The summed E-state index contributed by atoms with van der Waals surface area (Å²) in [7, 11) is 10.2. The first-order chi connectivity index (χ1) is 33.5. The number of thiol groups is 1. The Morgan fingerprint density at radius 2 is 1.39 bits per heavy atom. The summed E-state index contributed by atoms with van der Waals surface area (Å²) in [6.07, 6.45) is 23.8. The summed E-state index contributed by atoms with van der Waals surface area (Å²) in [5.41, 5.74) is 1.06. The number of rotatable bonds is 8. The molecular weight excluding hydrogens is 946 g/mol. The highest BCUT2D eigenvalue weighted by molar-refractivity contribution is 7.79. The van der Waals surface area contributed by atoms with Gasteiger partial charge in [0, 0.05) is 62.2 Å². The normalized spacial score (nSPS) is 25.8. The molecule has 0 N–H and O–H groups in total. The number of carbonyl (C=O) groups is 7. The fourth-order valence-electron chi connectivity index (χ4n) is 8.12. The number of halogens is 1. The van der Waals surface area contributed by atoms with E-state index in [0.717, 1.165) is 70.9 Å². The van der Waals surface area contributed by atoms with Crippen LogP contribution in [0.15, 0.2) is 61.0 Å². The summed E-state index contributed by atoms with van der Waals surface area (Å²) in [6, 6.07) is 0. The maximum Gasteiger partial charge on any atom is 0.383 e. The van der Waals surface area contributed by atoms with E-state index in [-0.39, 0.29) is 47.2 Å². The van der Waals surface area contributed by atoms with E-state index in [0.29, 0.717) is 46.5 Å². The molecule has 4 bridgehead atoms. The number of esters is 5. The van der Waals surface area contributed by atoms with Crippen molar-refractivity contribution >= 4 is 54.3 Å². The quantitative estimate of drug-likeness (QED) is 0.0416. The van der Waals surface area contributed by atoms with Gasteiger partial charge >= 0.3 is 29.8 Å². The highest BCUT2D eigenvalue weighted by Gasteiger charge is 2.50. The molecular formula is C52H78FNO16S. The third-order valence-electron chi connectivity index (χ3n) is 12.4. The van der Waals surface area contributed by atoms with Gasteiger partial charge in [-0.1, -0.05) is 51.3 Å². The second-order valence-corrected chi connectivity index (χ2v) is 18.2. The second kappa shape index (κ2) is 33.5. The largest absolute Gasteiger partial charge is 0.469 e. The molecule has 2 amide bonds. The third kappa shape index (κ3) is 22.0. The Labute approximate surface area is 425 Å². The number of terminal acetylenes is 1. The molecule has 7 unspecified atom stereocenters. The summed E-state index contributed by atoms with van der Waals surface area (Å²) in [4.78, 5) is 74.5. The summed E-state index contributed by atoms with van der Waals surface area (Å²) >= 11 is 3.53. The number of amides is 2. The van der Waals surface area contributed by atoms with Crippen LogP contribution >= 0.6 is 12.6 Å². The van der Waals surface area contributed by atoms with E-state index in [9.17, 15) is 38.0 Å². The SMILES string of the molecule is C#CC(=O)OC.C=C(F)C(=O)OC.C=C1CC(C)OC1=O.CCC1(COC)COC1.CN1C(=O)C=CC1=O.COC(=O)C1(C)CC2C=CC1C2.COC(=O)C1CC2C=CC1C2.COCC1(C)COC1.CS. The van der Waals surface area contributed by atoms with Crippen molar-refractivity contribution in [2.24, 2.45) is 45.8 Å². The number of hydrogen-bond acceptors (Lipinski definition) is 17. The molecule has 71 heavy (non-hydrogen) atoms. The molecule has 4 aliphatic heterocycles. The minimum atomic E-state index is -1.07. The summed E-state index contributed by atoms with van der Waals surface area (Å²) < 4.78 is 53.8. The summed E-state index contributed by atoms with van der Waals surface area (Å²) in [6.45, 7) is 19.6. The molecule has 400 valence electrons. The Bertz CT molecular complexity index is 1880. The van der Waals surface area contributed by atoms with Gasteiger partial charge in [0.15, 0.2) is 0 Å². The lowest BCUT2D eigenvalue weighted by molar-refractivity contribution is -0.153. The van der Waals surface area contributed by atoms with Crippen molar-refractivity contribution in [2.75, 3.05) is 95.6 Å². The van der Waals surface area contributed by atoms with E-state index in [1.165, 1.54) is 53.4 Å². The first-order valence-electron chi connectivity index (χ1n) is 22.9. The van der Waals surface area contributed by atoms with Crippen LogP contribution in [-0.4, -0.2) is 148 Å². The highest BCUT2D eigenvalue weighted by atomic mass is 32.1. The average Bonchev–Trinajstić information content (AvgIpc) is 4.24. The van der Waals surface area contributed by atoms with Crippen LogP contribution < -0.4 is 0 Å². The van der Waals surface area contributed by atoms with Crippen LogP contribution in [0.25, 0.3) is 0 Å². The lowest BCUT2D eigenvalue weighted by Gasteiger charge is -2.39. The van der Waals surface area contributed by atoms with E-state index in [1.807, 2.05) is 13.8 Å². The van der Waals surface area contributed by atoms with Gasteiger partial charge in [0.05, 0.1) is 79.4 Å². The first kappa shape index (κ1) is 65.9. The van der Waals surface area contributed by atoms with Crippen LogP contribution in [0.1, 0.15) is 66.2 Å². The van der Waals surface area contributed by atoms with Gasteiger partial charge < -0.3 is 42.6 Å². The molecule has 4 heterocycles. The molecule has 8 rings (SSSR count). The standard InChI is InChI=1S/C10H14O2.C9H12O2.C7H14O2.C6H12O2.C6H8O2.C5H5NO2.C4H5FO2.C4H4O2.CH4S/c1-10(9(11)12-2)6-7-3-4-8(10)5-7;1-11-9(10)8-5-6-2-3-7(8)4-6;1-3-7(4-8-2)5-9-6-7;1-6(3-7-2)4-8-5-6;1-4-3-5(2)8-6(4)7;1-6-4(7)2-3-5(6)8;1-3(5)4(6)7-2;1-3-4(5)6-2;1-2/h3-4,7-8H,5-6H2,1-2H3;2-3,6-8H,4-5H2,1H3;3-6H2,1-2H3;3-5H2,1-2H3;5H,1,3H2,2H3;2-3H,1H3;1H2,2H3;1H,2H3;2H,1H3. The van der Waals surface area contributed by atoms with Crippen molar-refractivity contribution in [3.63, 3.8) is 0 Å². The number of carbonyl (C=O) groups excluding carboxylic acids is 7. The maximum absolute atomic E-state index is 11.5. The molecule has 0 aromatic heterocycles. The number of fused-ring (bicyclic) bond motifs is 4. The van der Waals surface area contributed by atoms with Gasteiger partial charge in [-0.3, -0.25) is 24.1 Å². The number of nitrogens with zero attached hydrogens (tertiary/aromatic N) is 1. The topological polar surface area (TPSA) is 206 Å². The highest BCUT2D eigenvalue weighted by Crippen LogP contribution is 2.52. The molecule has 19 heteroatoms. The molecule has 5 fully saturated rings. The molecule has 0 radical (unpaired) electrons. The van der Waals surface area contributed by atoms with Gasteiger partial charge in [0.2, 0.25) is 5.83 Å².